The molecule has 0 aliphatic carbocycles. The zero-order chi connectivity index (χ0) is 10.1. The third-order valence-electron chi connectivity index (χ3n) is 2.32. The largest absolute Gasteiger partial charge is 0.508 e. The van der Waals surface area contributed by atoms with Gasteiger partial charge >= 0.3 is 0 Å². The van der Waals surface area contributed by atoms with Crippen molar-refractivity contribution in [2.24, 2.45) is 0 Å². The van der Waals surface area contributed by atoms with Crippen molar-refractivity contribution in [1.29, 1.82) is 0 Å². The molecule has 1 fully saturated rings. The zero-order valence-corrected chi connectivity index (χ0v) is 7.82. The molecular formula is C10H12N2O2. The molecule has 1 heterocycles. The van der Waals surface area contributed by atoms with Crippen molar-refractivity contribution in [2.75, 3.05) is 0 Å². The Hall–Kier alpha value is -1.55. The van der Waals surface area contributed by atoms with Crippen LogP contribution >= 0.6 is 0 Å². The topological polar surface area (TPSA) is 61.4 Å². The lowest BCUT2D eigenvalue weighted by Crippen LogP contribution is -2.24. The maximum Gasteiger partial charge on any atom is 0.238 e. The van der Waals surface area contributed by atoms with E-state index in [1.165, 1.54) is 0 Å². The monoisotopic (exact) mass is 192 g/mol. The molecule has 2 unspecified atom stereocenters. The Labute approximate surface area is 81.9 Å². The van der Waals surface area contributed by atoms with Gasteiger partial charge in [0.05, 0.1) is 6.04 Å². The van der Waals surface area contributed by atoms with Gasteiger partial charge in [-0.2, -0.15) is 0 Å². The fourth-order valence-electron chi connectivity index (χ4n) is 1.48. The van der Waals surface area contributed by atoms with E-state index in [2.05, 4.69) is 10.6 Å². The fourth-order valence-corrected chi connectivity index (χ4v) is 1.48. The highest BCUT2D eigenvalue weighted by atomic mass is 16.3. The minimum Gasteiger partial charge on any atom is -0.508 e. The fraction of sp³-hybridized carbons (Fsp3) is 0.300. The van der Waals surface area contributed by atoms with E-state index in [4.69, 9.17) is 5.11 Å². The summed E-state index contributed by atoms with van der Waals surface area (Å²) in [7, 11) is 0. The summed E-state index contributed by atoms with van der Waals surface area (Å²) in [5.74, 6) is 0.231. The molecular weight excluding hydrogens is 180 g/mol. The van der Waals surface area contributed by atoms with Crippen LogP contribution in [0.2, 0.25) is 0 Å². The number of amides is 1. The number of phenolic OH excluding ortho intramolecular Hbond substituents is 1. The van der Waals surface area contributed by atoms with E-state index in [0.717, 1.165) is 5.56 Å². The summed E-state index contributed by atoms with van der Waals surface area (Å²) in [6.07, 6.45) is -0.141. The Balaban J connectivity index is 2.17. The maximum absolute atomic E-state index is 11.2. The summed E-state index contributed by atoms with van der Waals surface area (Å²) in [6.45, 7) is 1.82. The van der Waals surface area contributed by atoms with E-state index in [-0.39, 0.29) is 23.9 Å². The van der Waals surface area contributed by atoms with Gasteiger partial charge in [-0.1, -0.05) is 12.1 Å². The molecule has 1 amide bonds. The Bertz CT molecular complexity index is 348. The number of nitrogens with one attached hydrogen (secondary N) is 2. The highest BCUT2D eigenvalue weighted by Gasteiger charge is 2.27. The van der Waals surface area contributed by atoms with Crippen LogP contribution in [0.4, 0.5) is 0 Å². The Morgan fingerprint density at radius 1 is 1.29 bits per heavy atom. The molecule has 1 aromatic rings. The van der Waals surface area contributed by atoms with Crippen molar-refractivity contribution >= 4 is 5.91 Å². The molecule has 1 aromatic carbocycles. The number of hydrogen-bond donors (Lipinski definition) is 3. The van der Waals surface area contributed by atoms with Crippen molar-refractivity contribution in [1.82, 2.24) is 10.6 Å². The number of carbonyl (C=O) groups is 1. The zero-order valence-electron chi connectivity index (χ0n) is 7.82. The molecule has 1 aliphatic rings. The van der Waals surface area contributed by atoms with Crippen molar-refractivity contribution in [3.8, 4) is 5.75 Å². The van der Waals surface area contributed by atoms with Crippen LogP contribution in [0.5, 0.6) is 5.75 Å². The quantitative estimate of drug-likeness (QED) is 0.607. The summed E-state index contributed by atoms with van der Waals surface area (Å²) in [4.78, 5) is 11.2. The van der Waals surface area contributed by atoms with Crippen LogP contribution in [-0.2, 0) is 4.79 Å². The van der Waals surface area contributed by atoms with Gasteiger partial charge < -0.3 is 10.4 Å². The van der Waals surface area contributed by atoms with E-state index >= 15 is 0 Å². The summed E-state index contributed by atoms with van der Waals surface area (Å²) in [5, 5.41) is 15.0. The van der Waals surface area contributed by atoms with Crippen LogP contribution in [0.15, 0.2) is 24.3 Å². The molecule has 0 spiro atoms. The molecule has 0 saturated carbocycles. The lowest BCUT2D eigenvalue weighted by molar-refractivity contribution is -0.120. The van der Waals surface area contributed by atoms with Gasteiger partial charge in [0.25, 0.3) is 0 Å². The van der Waals surface area contributed by atoms with Gasteiger partial charge in [-0.3, -0.25) is 10.1 Å². The molecule has 1 aliphatic heterocycles. The maximum atomic E-state index is 11.2. The summed E-state index contributed by atoms with van der Waals surface area (Å²) in [5.41, 5.74) is 0.945. The van der Waals surface area contributed by atoms with Crippen LogP contribution < -0.4 is 10.6 Å². The second-order valence-corrected chi connectivity index (χ2v) is 3.42. The molecule has 0 radical (unpaired) electrons. The van der Waals surface area contributed by atoms with Gasteiger partial charge in [0, 0.05) is 0 Å². The lowest BCUT2D eigenvalue weighted by Gasteiger charge is -2.10. The molecule has 14 heavy (non-hydrogen) atoms. The molecule has 1 saturated heterocycles. The minimum absolute atomic E-state index is 0.00285. The predicted octanol–water partition coefficient (Wildman–Crippen LogP) is 0.499. The second-order valence-electron chi connectivity index (χ2n) is 3.42. The normalized spacial score (nSPS) is 26.2. The molecule has 3 N–H and O–H groups in total. The van der Waals surface area contributed by atoms with Crippen LogP contribution in [0.3, 0.4) is 0 Å². The molecule has 4 heteroatoms. The first-order chi connectivity index (χ1) is 6.66. The average molecular weight is 192 g/mol. The van der Waals surface area contributed by atoms with Crippen molar-refractivity contribution in [2.45, 2.75) is 19.1 Å². The van der Waals surface area contributed by atoms with Crippen LogP contribution in [0.1, 0.15) is 18.7 Å². The van der Waals surface area contributed by atoms with E-state index in [9.17, 15) is 4.79 Å². The van der Waals surface area contributed by atoms with Crippen LogP contribution in [0, 0.1) is 0 Å². The van der Waals surface area contributed by atoms with E-state index in [0.29, 0.717) is 0 Å². The van der Waals surface area contributed by atoms with Gasteiger partial charge in [0.2, 0.25) is 5.91 Å². The van der Waals surface area contributed by atoms with Crippen LogP contribution in [0.25, 0.3) is 0 Å². The first-order valence-electron chi connectivity index (χ1n) is 4.52. The number of benzene rings is 1. The standard InChI is InChI=1S/C10H12N2O2/c1-6-10(14)12-9(11-6)7-2-4-8(13)5-3-7/h2-6,9,11,13H,1H3,(H,12,14). The van der Waals surface area contributed by atoms with Gasteiger partial charge in [0.1, 0.15) is 11.9 Å². The second kappa shape index (κ2) is 3.31. The van der Waals surface area contributed by atoms with Gasteiger partial charge in [-0.05, 0) is 24.6 Å². The van der Waals surface area contributed by atoms with Crippen molar-refractivity contribution < 1.29 is 9.90 Å². The third kappa shape index (κ3) is 1.56. The number of hydrogen-bond acceptors (Lipinski definition) is 3. The highest BCUT2D eigenvalue weighted by molar-refractivity contribution is 5.83. The average Bonchev–Trinajstić information content (AvgIpc) is 2.48. The SMILES string of the molecule is CC1NC(c2ccc(O)cc2)NC1=O. The van der Waals surface area contributed by atoms with Gasteiger partial charge in [0.15, 0.2) is 0 Å². The lowest BCUT2D eigenvalue weighted by atomic mass is 10.2. The van der Waals surface area contributed by atoms with Crippen LogP contribution in [-0.4, -0.2) is 17.1 Å². The van der Waals surface area contributed by atoms with E-state index < -0.39 is 0 Å². The first kappa shape index (κ1) is 9.02. The molecule has 74 valence electrons. The van der Waals surface area contributed by atoms with Gasteiger partial charge in [-0.15, -0.1) is 0 Å². The predicted molar refractivity (Wildman–Crippen MR) is 51.6 cm³/mol. The number of aromatic hydroxyl groups is 1. The van der Waals surface area contributed by atoms with Crippen molar-refractivity contribution in [3.05, 3.63) is 29.8 Å². The highest BCUT2D eigenvalue weighted by Crippen LogP contribution is 2.18. The number of carbonyl (C=O) groups excluding carboxylic acids is 1. The first-order valence-corrected chi connectivity index (χ1v) is 4.52. The molecule has 0 aromatic heterocycles. The molecule has 4 nitrogen and oxygen atoms in total. The van der Waals surface area contributed by atoms with Gasteiger partial charge in [-0.25, -0.2) is 0 Å². The number of phenols is 1. The summed E-state index contributed by atoms with van der Waals surface area (Å²) >= 11 is 0. The molecule has 2 atom stereocenters. The number of rotatable bonds is 1. The summed E-state index contributed by atoms with van der Waals surface area (Å²) < 4.78 is 0. The minimum atomic E-state index is -0.159. The Kier molecular flexibility index (Phi) is 2.13. The Morgan fingerprint density at radius 3 is 2.43 bits per heavy atom. The summed E-state index contributed by atoms with van der Waals surface area (Å²) in [6, 6.07) is 6.61. The smallest absolute Gasteiger partial charge is 0.238 e. The van der Waals surface area contributed by atoms with E-state index in [1.807, 2.05) is 6.92 Å². The Morgan fingerprint density at radius 2 is 1.93 bits per heavy atom. The molecule has 0 bridgehead atoms. The van der Waals surface area contributed by atoms with Crippen molar-refractivity contribution in [3.63, 3.8) is 0 Å². The van der Waals surface area contributed by atoms with E-state index in [1.54, 1.807) is 24.3 Å². The third-order valence-corrected chi connectivity index (χ3v) is 2.32. The molecule has 2 rings (SSSR count).